The maximum Gasteiger partial charge on any atom is 0.331 e. The molecule has 3 heterocycles. The highest BCUT2D eigenvalue weighted by atomic mass is 32.1. The van der Waals surface area contributed by atoms with Crippen molar-refractivity contribution in [2.45, 2.75) is 26.8 Å². The van der Waals surface area contributed by atoms with E-state index >= 15 is 0 Å². The smallest absolute Gasteiger partial charge is 0.284 e. The van der Waals surface area contributed by atoms with Gasteiger partial charge in [-0.1, -0.05) is 19.9 Å². The quantitative estimate of drug-likeness (QED) is 0.736. The molecule has 22 heavy (non-hydrogen) atoms. The van der Waals surface area contributed by atoms with Crippen LogP contribution in [0.2, 0.25) is 0 Å². The predicted octanol–water partition coefficient (Wildman–Crippen LogP) is 3.07. The predicted molar refractivity (Wildman–Crippen MR) is 93.3 cm³/mol. The highest BCUT2D eigenvalue weighted by Gasteiger charge is 2.15. The Kier molecular flexibility index (Phi) is 4.06. The fourth-order valence-electron chi connectivity index (χ4n) is 2.52. The van der Waals surface area contributed by atoms with Crippen LogP contribution in [0.5, 0.6) is 0 Å². The highest BCUT2D eigenvalue weighted by molar-refractivity contribution is 7.18. The Morgan fingerprint density at radius 2 is 2.00 bits per heavy atom. The molecule has 0 aliphatic carbocycles. The normalized spacial score (nSPS) is 11.6. The van der Waals surface area contributed by atoms with Crippen LogP contribution in [-0.4, -0.2) is 9.13 Å². The van der Waals surface area contributed by atoms with E-state index in [1.54, 1.807) is 34.3 Å². The van der Waals surface area contributed by atoms with Crippen molar-refractivity contribution in [1.82, 2.24) is 9.13 Å². The monoisotopic (exact) mass is 334 g/mol. The lowest BCUT2D eigenvalue weighted by molar-refractivity contribution is 0.504. The van der Waals surface area contributed by atoms with E-state index < -0.39 is 0 Å². The van der Waals surface area contributed by atoms with E-state index in [2.05, 4.69) is 25.3 Å². The van der Waals surface area contributed by atoms with Crippen LogP contribution < -0.4 is 11.2 Å². The van der Waals surface area contributed by atoms with E-state index in [1.165, 1.54) is 9.44 Å². The van der Waals surface area contributed by atoms with Gasteiger partial charge in [0.1, 0.15) is 4.83 Å². The van der Waals surface area contributed by atoms with E-state index in [0.29, 0.717) is 17.8 Å². The number of nitrogens with zero attached hydrogens (tertiary/aromatic N) is 2. The molecule has 3 rings (SSSR count). The summed E-state index contributed by atoms with van der Waals surface area (Å²) in [7, 11) is 1.55. The third-order valence-electron chi connectivity index (χ3n) is 3.54. The van der Waals surface area contributed by atoms with Gasteiger partial charge in [0.2, 0.25) is 0 Å². The molecule has 3 aromatic heterocycles. The lowest BCUT2D eigenvalue weighted by Gasteiger charge is -2.11. The van der Waals surface area contributed by atoms with Crippen molar-refractivity contribution in [2.75, 3.05) is 0 Å². The third kappa shape index (κ3) is 2.68. The summed E-state index contributed by atoms with van der Waals surface area (Å²) >= 11 is 3.27. The largest absolute Gasteiger partial charge is 0.331 e. The molecule has 0 saturated heterocycles. The van der Waals surface area contributed by atoms with Crippen molar-refractivity contribution in [3.8, 4) is 0 Å². The summed E-state index contributed by atoms with van der Waals surface area (Å²) in [6.07, 6.45) is 0.816. The van der Waals surface area contributed by atoms with Crippen molar-refractivity contribution >= 4 is 32.9 Å². The van der Waals surface area contributed by atoms with Gasteiger partial charge in [0.05, 0.1) is 5.39 Å². The molecular formula is C16H18N2O2S2. The third-order valence-corrected chi connectivity index (χ3v) is 5.57. The average molecular weight is 334 g/mol. The second-order valence-corrected chi connectivity index (χ2v) is 7.99. The van der Waals surface area contributed by atoms with Crippen molar-refractivity contribution in [1.29, 1.82) is 0 Å². The lowest BCUT2D eigenvalue weighted by Crippen LogP contribution is -2.38. The number of fused-ring (bicyclic) bond motifs is 1. The van der Waals surface area contributed by atoms with Gasteiger partial charge in [-0.3, -0.25) is 13.9 Å². The van der Waals surface area contributed by atoms with Gasteiger partial charge in [0.15, 0.2) is 0 Å². The van der Waals surface area contributed by atoms with Crippen LogP contribution in [0.3, 0.4) is 0 Å². The molecule has 3 aromatic rings. The maximum atomic E-state index is 12.4. The SMILES string of the molecule is CC(C)Cn1c(=O)n(C)c(=O)c2cc(Cc3cccs3)sc21. The molecule has 0 saturated carbocycles. The van der Waals surface area contributed by atoms with Gasteiger partial charge in [-0.25, -0.2) is 4.79 Å². The molecule has 0 radical (unpaired) electrons. The first kappa shape index (κ1) is 15.2. The Labute approximate surface area is 136 Å². The second-order valence-electron chi connectivity index (χ2n) is 5.84. The minimum absolute atomic E-state index is 0.200. The Morgan fingerprint density at radius 1 is 1.23 bits per heavy atom. The van der Waals surface area contributed by atoms with Crippen LogP contribution in [-0.2, 0) is 20.0 Å². The molecule has 0 aliphatic rings. The minimum Gasteiger partial charge on any atom is -0.284 e. The minimum atomic E-state index is -0.226. The fraction of sp³-hybridized carbons (Fsp3) is 0.375. The fourth-order valence-corrected chi connectivity index (χ4v) is 4.51. The summed E-state index contributed by atoms with van der Waals surface area (Å²) in [5, 5.41) is 2.70. The Balaban J connectivity index is 2.19. The van der Waals surface area contributed by atoms with Crippen LogP contribution in [0.15, 0.2) is 33.2 Å². The highest BCUT2D eigenvalue weighted by Crippen LogP contribution is 2.26. The number of hydrogen-bond acceptors (Lipinski definition) is 4. The summed E-state index contributed by atoms with van der Waals surface area (Å²) in [6.45, 7) is 4.77. The molecule has 0 amide bonds. The molecule has 0 fully saturated rings. The summed E-state index contributed by atoms with van der Waals surface area (Å²) in [5.41, 5.74) is -0.426. The summed E-state index contributed by atoms with van der Waals surface area (Å²) in [5.74, 6) is 0.348. The van der Waals surface area contributed by atoms with Crippen molar-refractivity contribution in [3.63, 3.8) is 0 Å². The van der Waals surface area contributed by atoms with E-state index in [1.807, 2.05) is 12.1 Å². The van der Waals surface area contributed by atoms with E-state index in [0.717, 1.165) is 16.1 Å². The van der Waals surface area contributed by atoms with Crippen LogP contribution in [0.4, 0.5) is 0 Å². The van der Waals surface area contributed by atoms with Gasteiger partial charge >= 0.3 is 5.69 Å². The van der Waals surface area contributed by atoms with Crippen LogP contribution in [0, 0.1) is 5.92 Å². The summed E-state index contributed by atoms with van der Waals surface area (Å²) in [4.78, 5) is 27.9. The molecule has 0 aliphatic heterocycles. The zero-order valence-electron chi connectivity index (χ0n) is 12.8. The zero-order valence-corrected chi connectivity index (χ0v) is 14.5. The molecule has 0 N–H and O–H groups in total. The number of aromatic nitrogens is 2. The zero-order chi connectivity index (χ0) is 15.9. The van der Waals surface area contributed by atoms with Crippen molar-refractivity contribution < 1.29 is 0 Å². The van der Waals surface area contributed by atoms with E-state index in [4.69, 9.17) is 0 Å². The summed E-state index contributed by atoms with van der Waals surface area (Å²) in [6, 6.07) is 6.06. The van der Waals surface area contributed by atoms with Gasteiger partial charge in [-0.05, 0) is 23.4 Å². The topological polar surface area (TPSA) is 44.0 Å². The molecule has 0 unspecified atom stereocenters. The number of thiophene rings is 2. The average Bonchev–Trinajstić information content (AvgIpc) is 3.11. The van der Waals surface area contributed by atoms with Gasteiger partial charge in [-0.2, -0.15) is 0 Å². The first-order valence-electron chi connectivity index (χ1n) is 7.22. The van der Waals surface area contributed by atoms with Crippen molar-refractivity contribution in [2.24, 2.45) is 13.0 Å². The van der Waals surface area contributed by atoms with E-state index in [-0.39, 0.29) is 11.2 Å². The first-order chi connectivity index (χ1) is 10.5. The molecular weight excluding hydrogens is 316 g/mol. The molecule has 116 valence electrons. The Bertz CT molecular complexity index is 914. The van der Waals surface area contributed by atoms with E-state index in [9.17, 15) is 9.59 Å². The van der Waals surface area contributed by atoms with Crippen LogP contribution in [0.1, 0.15) is 23.6 Å². The standard InChI is InChI=1S/C16H18N2O2S2/c1-10(2)9-18-15-13(14(19)17(3)16(18)20)8-12(22-15)7-11-5-4-6-21-11/h4-6,8,10H,7,9H2,1-3H3. The number of rotatable bonds is 4. The Hall–Kier alpha value is -1.66. The molecule has 4 nitrogen and oxygen atoms in total. The van der Waals surface area contributed by atoms with Crippen molar-refractivity contribution in [3.05, 3.63) is 54.2 Å². The maximum absolute atomic E-state index is 12.4. The van der Waals surface area contributed by atoms with Gasteiger partial charge < -0.3 is 0 Å². The molecule has 0 bridgehead atoms. The second kappa shape index (κ2) is 5.85. The lowest BCUT2D eigenvalue weighted by atomic mass is 10.2. The van der Waals surface area contributed by atoms with Gasteiger partial charge in [0.25, 0.3) is 5.56 Å². The Morgan fingerprint density at radius 3 is 2.64 bits per heavy atom. The molecule has 0 atom stereocenters. The van der Waals surface area contributed by atoms with Gasteiger partial charge in [0, 0.05) is 29.8 Å². The molecule has 0 spiro atoms. The van der Waals surface area contributed by atoms with Gasteiger partial charge in [-0.15, -0.1) is 22.7 Å². The van der Waals surface area contributed by atoms with Crippen LogP contribution in [0.25, 0.3) is 10.2 Å². The molecule has 0 aromatic carbocycles. The molecule has 6 heteroatoms. The summed E-state index contributed by atoms with van der Waals surface area (Å²) < 4.78 is 2.95. The number of hydrogen-bond donors (Lipinski definition) is 0. The first-order valence-corrected chi connectivity index (χ1v) is 8.91. The van der Waals surface area contributed by atoms with Crippen LogP contribution >= 0.6 is 22.7 Å².